The second-order valence-corrected chi connectivity index (χ2v) is 7.37. The molecule has 0 fully saturated rings. The van der Waals surface area contributed by atoms with E-state index in [1.807, 2.05) is 38.1 Å². The molecule has 0 spiro atoms. The number of likely N-dealkylation sites (N-methyl/N-ethyl adjacent to an activating group) is 1. The van der Waals surface area contributed by atoms with Crippen LogP contribution in [0.3, 0.4) is 0 Å². The van der Waals surface area contributed by atoms with Gasteiger partial charge in [-0.05, 0) is 49.8 Å². The Balaban J connectivity index is 1.69. The van der Waals surface area contributed by atoms with Crippen LogP contribution in [-0.4, -0.2) is 43.5 Å². The summed E-state index contributed by atoms with van der Waals surface area (Å²) in [6.45, 7) is 4.97. The molecule has 2 aromatic carbocycles. The Bertz CT molecular complexity index is 950. The SMILES string of the molecule is CCOc1cc2c(cc1/C=C/C(=O)N(C)Cc1ccc(C(=O)NC)cc1)O[C@H](C)C2. The fourth-order valence-electron chi connectivity index (χ4n) is 3.41. The summed E-state index contributed by atoms with van der Waals surface area (Å²) in [5, 5.41) is 2.59. The molecule has 1 N–H and O–H groups in total. The molecule has 0 saturated heterocycles. The summed E-state index contributed by atoms with van der Waals surface area (Å²) >= 11 is 0. The molecule has 30 heavy (non-hydrogen) atoms. The van der Waals surface area contributed by atoms with Crippen molar-refractivity contribution < 1.29 is 19.1 Å². The van der Waals surface area contributed by atoms with Gasteiger partial charge in [0.1, 0.15) is 17.6 Å². The molecule has 0 radical (unpaired) electrons. The van der Waals surface area contributed by atoms with Crippen molar-refractivity contribution in [3.8, 4) is 11.5 Å². The number of fused-ring (bicyclic) bond motifs is 1. The van der Waals surface area contributed by atoms with Crippen LogP contribution in [0.25, 0.3) is 6.08 Å². The van der Waals surface area contributed by atoms with Gasteiger partial charge in [-0.3, -0.25) is 9.59 Å². The molecular formula is C24H28N2O4. The van der Waals surface area contributed by atoms with Crippen LogP contribution in [0.4, 0.5) is 0 Å². The predicted molar refractivity (Wildman–Crippen MR) is 117 cm³/mol. The van der Waals surface area contributed by atoms with E-state index in [9.17, 15) is 9.59 Å². The fraction of sp³-hybridized carbons (Fsp3) is 0.333. The third-order valence-corrected chi connectivity index (χ3v) is 4.97. The summed E-state index contributed by atoms with van der Waals surface area (Å²) in [7, 11) is 3.34. The van der Waals surface area contributed by atoms with E-state index >= 15 is 0 Å². The Hall–Kier alpha value is -3.28. The smallest absolute Gasteiger partial charge is 0.251 e. The lowest BCUT2D eigenvalue weighted by Gasteiger charge is -2.16. The lowest BCUT2D eigenvalue weighted by atomic mass is 10.1. The van der Waals surface area contributed by atoms with Gasteiger partial charge in [-0.15, -0.1) is 0 Å². The molecule has 3 rings (SSSR count). The van der Waals surface area contributed by atoms with Crippen LogP contribution < -0.4 is 14.8 Å². The third-order valence-electron chi connectivity index (χ3n) is 4.97. The summed E-state index contributed by atoms with van der Waals surface area (Å²) in [5.74, 6) is 1.35. The van der Waals surface area contributed by atoms with Gasteiger partial charge in [-0.25, -0.2) is 0 Å². The first-order valence-corrected chi connectivity index (χ1v) is 10.1. The van der Waals surface area contributed by atoms with Crippen molar-refractivity contribution in [2.75, 3.05) is 20.7 Å². The molecule has 1 aliphatic heterocycles. The van der Waals surface area contributed by atoms with Gasteiger partial charge in [-0.1, -0.05) is 12.1 Å². The van der Waals surface area contributed by atoms with Crippen LogP contribution >= 0.6 is 0 Å². The quantitative estimate of drug-likeness (QED) is 0.713. The minimum absolute atomic E-state index is 0.123. The van der Waals surface area contributed by atoms with Crippen LogP contribution in [0.5, 0.6) is 11.5 Å². The van der Waals surface area contributed by atoms with Gasteiger partial charge >= 0.3 is 0 Å². The van der Waals surface area contributed by atoms with Crippen molar-refractivity contribution >= 4 is 17.9 Å². The number of benzene rings is 2. The van der Waals surface area contributed by atoms with E-state index in [0.29, 0.717) is 18.7 Å². The maximum absolute atomic E-state index is 12.6. The van der Waals surface area contributed by atoms with Gasteiger partial charge in [-0.2, -0.15) is 0 Å². The molecule has 1 aliphatic rings. The molecule has 2 amide bonds. The minimum atomic E-state index is -0.133. The van der Waals surface area contributed by atoms with E-state index in [1.165, 1.54) is 0 Å². The molecule has 2 aromatic rings. The summed E-state index contributed by atoms with van der Waals surface area (Å²) in [6, 6.07) is 11.1. The molecule has 0 saturated carbocycles. The fourth-order valence-corrected chi connectivity index (χ4v) is 3.41. The number of carbonyl (C=O) groups excluding carboxylic acids is 2. The predicted octanol–water partition coefficient (Wildman–Crippen LogP) is 3.44. The minimum Gasteiger partial charge on any atom is -0.493 e. The van der Waals surface area contributed by atoms with Crippen molar-refractivity contribution in [3.63, 3.8) is 0 Å². The first-order chi connectivity index (χ1) is 14.4. The maximum atomic E-state index is 12.6. The highest BCUT2D eigenvalue weighted by Gasteiger charge is 2.21. The molecule has 158 valence electrons. The Labute approximate surface area is 177 Å². The van der Waals surface area contributed by atoms with Crippen molar-refractivity contribution in [1.82, 2.24) is 10.2 Å². The van der Waals surface area contributed by atoms with Gasteiger partial charge in [0.25, 0.3) is 5.91 Å². The molecule has 0 unspecified atom stereocenters. The molecule has 0 bridgehead atoms. The standard InChI is InChI=1S/C24H28N2O4/c1-5-29-21-14-20-12-16(2)30-22(20)13-19(21)10-11-23(27)26(4)15-17-6-8-18(9-7-17)24(28)25-3/h6-11,13-14,16H,5,12,15H2,1-4H3,(H,25,28)/b11-10+/t16-/m1/s1. The lowest BCUT2D eigenvalue weighted by Crippen LogP contribution is -2.24. The summed E-state index contributed by atoms with van der Waals surface area (Å²) in [6.07, 6.45) is 4.32. The second kappa shape index (κ2) is 9.48. The zero-order valence-electron chi connectivity index (χ0n) is 17.9. The van der Waals surface area contributed by atoms with Gasteiger partial charge in [0.2, 0.25) is 5.91 Å². The van der Waals surface area contributed by atoms with E-state index < -0.39 is 0 Å². The zero-order valence-corrected chi connectivity index (χ0v) is 17.9. The van der Waals surface area contributed by atoms with Crippen molar-refractivity contribution in [2.24, 2.45) is 0 Å². The molecule has 6 heteroatoms. The average molecular weight is 408 g/mol. The van der Waals surface area contributed by atoms with E-state index in [4.69, 9.17) is 9.47 Å². The zero-order chi connectivity index (χ0) is 21.7. The molecule has 0 aliphatic carbocycles. The van der Waals surface area contributed by atoms with Gasteiger partial charge < -0.3 is 19.7 Å². The van der Waals surface area contributed by atoms with Crippen LogP contribution in [0.15, 0.2) is 42.5 Å². The van der Waals surface area contributed by atoms with Crippen LogP contribution in [0.2, 0.25) is 0 Å². The number of carbonyl (C=O) groups is 2. The van der Waals surface area contributed by atoms with Crippen molar-refractivity contribution in [1.29, 1.82) is 0 Å². The number of ether oxygens (including phenoxy) is 2. The maximum Gasteiger partial charge on any atom is 0.251 e. The van der Waals surface area contributed by atoms with Gasteiger partial charge in [0.15, 0.2) is 0 Å². The number of nitrogens with zero attached hydrogens (tertiary/aromatic N) is 1. The van der Waals surface area contributed by atoms with Gasteiger partial charge in [0.05, 0.1) is 6.61 Å². The number of hydrogen-bond acceptors (Lipinski definition) is 4. The molecule has 0 aromatic heterocycles. The molecule has 1 atom stereocenters. The van der Waals surface area contributed by atoms with Crippen molar-refractivity contribution in [3.05, 3.63) is 64.7 Å². The Morgan fingerprint density at radius 1 is 1.27 bits per heavy atom. The van der Waals surface area contributed by atoms with Crippen LogP contribution in [0, 0.1) is 0 Å². The van der Waals surface area contributed by atoms with Gasteiger partial charge in [0, 0.05) is 49.8 Å². The number of nitrogens with one attached hydrogen (secondary N) is 1. The summed E-state index contributed by atoms with van der Waals surface area (Å²) in [5.41, 5.74) is 3.49. The topological polar surface area (TPSA) is 67.9 Å². The molecule has 6 nitrogen and oxygen atoms in total. The average Bonchev–Trinajstić information content (AvgIpc) is 3.10. The van der Waals surface area contributed by atoms with E-state index in [2.05, 4.69) is 5.32 Å². The van der Waals surface area contributed by atoms with E-state index in [1.54, 1.807) is 43.3 Å². The highest BCUT2D eigenvalue weighted by Crippen LogP contribution is 2.35. The molecule has 1 heterocycles. The number of rotatable bonds is 7. The molecular weight excluding hydrogens is 380 g/mol. The second-order valence-electron chi connectivity index (χ2n) is 7.37. The largest absolute Gasteiger partial charge is 0.493 e. The highest BCUT2D eigenvalue weighted by atomic mass is 16.5. The summed E-state index contributed by atoms with van der Waals surface area (Å²) < 4.78 is 11.6. The van der Waals surface area contributed by atoms with Crippen LogP contribution in [0.1, 0.15) is 40.9 Å². The first kappa shape index (κ1) is 21.4. The monoisotopic (exact) mass is 408 g/mol. The van der Waals surface area contributed by atoms with Crippen molar-refractivity contribution in [2.45, 2.75) is 32.9 Å². The van der Waals surface area contributed by atoms with E-state index in [0.717, 1.165) is 34.6 Å². The third kappa shape index (κ3) is 5.00. The Morgan fingerprint density at radius 2 is 2.00 bits per heavy atom. The Kier molecular flexibility index (Phi) is 6.77. The van der Waals surface area contributed by atoms with Crippen LogP contribution in [-0.2, 0) is 17.8 Å². The van der Waals surface area contributed by atoms with E-state index in [-0.39, 0.29) is 17.9 Å². The highest BCUT2D eigenvalue weighted by molar-refractivity contribution is 5.94. The normalized spacial score (nSPS) is 14.9. The summed E-state index contributed by atoms with van der Waals surface area (Å²) in [4.78, 5) is 25.9. The number of hydrogen-bond donors (Lipinski definition) is 1. The Morgan fingerprint density at radius 3 is 2.67 bits per heavy atom. The lowest BCUT2D eigenvalue weighted by molar-refractivity contribution is -0.125. The first-order valence-electron chi connectivity index (χ1n) is 10.1. The number of amides is 2.